The topological polar surface area (TPSA) is 56.2 Å². The molecule has 3 rings (SSSR count). The van der Waals surface area contributed by atoms with Gasteiger partial charge in [-0.05, 0) is 19.9 Å². The van der Waals surface area contributed by atoms with Crippen molar-refractivity contribution in [3.8, 4) is 11.3 Å². The zero-order valence-electron chi connectivity index (χ0n) is 11.0. The van der Waals surface area contributed by atoms with Gasteiger partial charge in [0, 0.05) is 17.2 Å². The molecule has 4 nitrogen and oxygen atoms in total. The number of nitrogens with zero attached hydrogens (tertiary/aromatic N) is 3. The minimum Gasteiger partial charge on any atom is -0.324 e. The SMILES string of the molecule is Cc1cn2nc(-c3ccccc3)c([C@H](C)N)cc2n1. The molecule has 0 radical (unpaired) electrons. The van der Waals surface area contributed by atoms with Crippen molar-refractivity contribution >= 4 is 5.65 Å². The summed E-state index contributed by atoms with van der Waals surface area (Å²) in [5.74, 6) is 0. The van der Waals surface area contributed by atoms with Crippen molar-refractivity contribution in [3.63, 3.8) is 0 Å². The molecule has 0 saturated heterocycles. The van der Waals surface area contributed by atoms with Gasteiger partial charge in [-0.1, -0.05) is 30.3 Å². The van der Waals surface area contributed by atoms with Gasteiger partial charge in [0.15, 0.2) is 5.65 Å². The van der Waals surface area contributed by atoms with E-state index in [0.29, 0.717) is 0 Å². The summed E-state index contributed by atoms with van der Waals surface area (Å²) >= 11 is 0. The Morgan fingerprint density at radius 2 is 1.95 bits per heavy atom. The molecule has 0 aliphatic rings. The van der Waals surface area contributed by atoms with E-state index in [1.165, 1.54) is 0 Å². The first kappa shape index (κ1) is 11.9. The van der Waals surface area contributed by atoms with Crippen molar-refractivity contribution in [2.75, 3.05) is 0 Å². The van der Waals surface area contributed by atoms with E-state index in [-0.39, 0.29) is 6.04 Å². The van der Waals surface area contributed by atoms with E-state index in [4.69, 9.17) is 5.73 Å². The van der Waals surface area contributed by atoms with E-state index in [1.807, 2.05) is 61.0 Å². The van der Waals surface area contributed by atoms with Crippen molar-refractivity contribution in [2.24, 2.45) is 5.73 Å². The van der Waals surface area contributed by atoms with Crippen LogP contribution in [0.3, 0.4) is 0 Å². The summed E-state index contributed by atoms with van der Waals surface area (Å²) in [5.41, 5.74) is 10.9. The third-order valence-electron chi connectivity index (χ3n) is 3.14. The molecule has 0 fully saturated rings. The summed E-state index contributed by atoms with van der Waals surface area (Å²) in [4.78, 5) is 4.44. The van der Waals surface area contributed by atoms with Gasteiger partial charge < -0.3 is 5.73 Å². The van der Waals surface area contributed by atoms with Crippen LogP contribution in [0.4, 0.5) is 0 Å². The molecule has 0 unspecified atom stereocenters. The van der Waals surface area contributed by atoms with Gasteiger partial charge in [-0.15, -0.1) is 0 Å². The van der Waals surface area contributed by atoms with Crippen molar-refractivity contribution in [1.82, 2.24) is 14.6 Å². The Morgan fingerprint density at radius 1 is 1.21 bits per heavy atom. The van der Waals surface area contributed by atoms with Crippen LogP contribution in [-0.2, 0) is 0 Å². The average Bonchev–Trinajstić information content (AvgIpc) is 2.77. The highest BCUT2D eigenvalue weighted by atomic mass is 15.2. The monoisotopic (exact) mass is 252 g/mol. The molecule has 2 heterocycles. The zero-order chi connectivity index (χ0) is 13.4. The van der Waals surface area contributed by atoms with Gasteiger partial charge in [-0.2, -0.15) is 5.10 Å². The minimum atomic E-state index is -0.0790. The van der Waals surface area contributed by atoms with E-state index in [2.05, 4.69) is 10.1 Å². The van der Waals surface area contributed by atoms with E-state index in [1.54, 1.807) is 0 Å². The number of aryl methyl sites for hydroxylation is 1. The summed E-state index contributed by atoms with van der Waals surface area (Å²) in [6, 6.07) is 12.0. The maximum absolute atomic E-state index is 6.07. The molecule has 0 amide bonds. The fraction of sp³-hybridized carbons (Fsp3) is 0.200. The lowest BCUT2D eigenvalue weighted by Crippen LogP contribution is -2.09. The van der Waals surface area contributed by atoms with Crippen LogP contribution in [-0.4, -0.2) is 14.6 Å². The van der Waals surface area contributed by atoms with Crippen LogP contribution < -0.4 is 5.73 Å². The van der Waals surface area contributed by atoms with Crippen LogP contribution in [0.1, 0.15) is 24.2 Å². The lowest BCUT2D eigenvalue weighted by Gasteiger charge is -2.12. The number of hydrogen-bond acceptors (Lipinski definition) is 3. The molecule has 96 valence electrons. The fourth-order valence-corrected chi connectivity index (χ4v) is 2.22. The first-order chi connectivity index (χ1) is 9.15. The smallest absolute Gasteiger partial charge is 0.154 e. The van der Waals surface area contributed by atoms with Gasteiger partial charge in [0.1, 0.15) is 0 Å². The average molecular weight is 252 g/mol. The Kier molecular flexibility index (Phi) is 2.80. The van der Waals surface area contributed by atoms with E-state index in [0.717, 1.165) is 28.2 Å². The van der Waals surface area contributed by atoms with Crippen molar-refractivity contribution in [2.45, 2.75) is 19.9 Å². The predicted molar refractivity (Wildman–Crippen MR) is 75.8 cm³/mol. The van der Waals surface area contributed by atoms with Crippen LogP contribution in [0, 0.1) is 6.92 Å². The lowest BCUT2D eigenvalue weighted by atomic mass is 10.0. The second kappa shape index (κ2) is 4.48. The van der Waals surface area contributed by atoms with Gasteiger partial charge in [-0.3, -0.25) is 0 Å². The quantitative estimate of drug-likeness (QED) is 0.763. The van der Waals surface area contributed by atoms with Crippen molar-refractivity contribution in [3.05, 3.63) is 53.9 Å². The molecule has 0 spiro atoms. The Labute approximate surface area is 111 Å². The predicted octanol–water partition coefficient (Wildman–Crippen LogP) is 2.72. The lowest BCUT2D eigenvalue weighted by molar-refractivity contribution is 0.798. The molecule has 2 aromatic heterocycles. The Morgan fingerprint density at radius 3 is 2.63 bits per heavy atom. The molecule has 0 aliphatic heterocycles. The second-order valence-electron chi connectivity index (χ2n) is 4.79. The first-order valence-electron chi connectivity index (χ1n) is 6.33. The Balaban J connectivity index is 2.29. The number of imidazole rings is 1. The maximum atomic E-state index is 6.07. The van der Waals surface area contributed by atoms with Gasteiger partial charge >= 0.3 is 0 Å². The molecule has 1 aromatic carbocycles. The molecule has 1 atom stereocenters. The van der Waals surface area contributed by atoms with Gasteiger partial charge in [-0.25, -0.2) is 9.50 Å². The van der Waals surface area contributed by atoms with Gasteiger partial charge in [0.05, 0.1) is 17.6 Å². The summed E-state index contributed by atoms with van der Waals surface area (Å²) in [6.07, 6.45) is 1.92. The summed E-state index contributed by atoms with van der Waals surface area (Å²) < 4.78 is 1.81. The molecule has 0 bridgehead atoms. The Bertz CT molecular complexity index is 714. The standard InChI is InChI=1S/C15H16N4/c1-10-9-19-14(17-10)8-13(11(2)16)15(18-19)12-6-4-3-5-7-12/h3-9,11H,16H2,1-2H3/t11-/m0/s1. The molecule has 0 aliphatic carbocycles. The molecular formula is C15H16N4. The summed E-state index contributed by atoms with van der Waals surface area (Å²) in [6.45, 7) is 3.93. The van der Waals surface area contributed by atoms with Crippen LogP contribution >= 0.6 is 0 Å². The van der Waals surface area contributed by atoms with Gasteiger partial charge in [0.25, 0.3) is 0 Å². The van der Waals surface area contributed by atoms with Crippen LogP contribution in [0.2, 0.25) is 0 Å². The van der Waals surface area contributed by atoms with E-state index in [9.17, 15) is 0 Å². The molecule has 2 N–H and O–H groups in total. The number of aromatic nitrogens is 3. The number of hydrogen-bond donors (Lipinski definition) is 1. The van der Waals surface area contributed by atoms with Crippen molar-refractivity contribution < 1.29 is 0 Å². The molecule has 19 heavy (non-hydrogen) atoms. The molecular weight excluding hydrogens is 236 g/mol. The Hall–Kier alpha value is -2.20. The highest BCUT2D eigenvalue weighted by Crippen LogP contribution is 2.26. The van der Waals surface area contributed by atoms with Crippen molar-refractivity contribution in [1.29, 1.82) is 0 Å². The second-order valence-corrected chi connectivity index (χ2v) is 4.79. The largest absolute Gasteiger partial charge is 0.324 e. The molecule has 0 saturated carbocycles. The third kappa shape index (κ3) is 2.11. The van der Waals surface area contributed by atoms with E-state index >= 15 is 0 Å². The normalized spacial score (nSPS) is 12.8. The number of rotatable bonds is 2. The maximum Gasteiger partial charge on any atom is 0.154 e. The third-order valence-corrected chi connectivity index (χ3v) is 3.14. The highest BCUT2D eigenvalue weighted by molar-refractivity contribution is 5.65. The van der Waals surface area contributed by atoms with Crippen LogP contribution in [0.25, 0.3) is 16.9 Å². The summed E-state index contributed by atoms with van der Waals surface area (Å²) in [5, 5.41) is 4.66. The number of nitrogens with two attached hydrogens (primary N) is 1. The minimum absolute atomic E-state index is 0.0790. The van der Waals surface area contributed by atoms with Gasteiger partial charge in [0.2, 0.25) is 0 Å². The van der Waals surface area contributed by atoms with E-state index < -0.39 is 0 Å². The highest BCUT2D eigenvalue weighted by Gasteiger charge is 2.13. The van der Waals surface area contributed by atoms with Crippen LogP contribution in [0.15, 0.2) is 42.6 Å². The fourth-order valence-electron chi connectivity index (χ4n) is 2.22. The molecule has 3 aromatic rings. The number of fused-ring (bicyclic) bond motifs is 1. The molecule has 4 heteroatoms. The zero-order valence-corrected chi connectivity index (χ0v) is 11.0. The summed E-state index contributed by atoms with van der Waals surface area (Å²) in [7, 11) is 0. The first-order valence-corrected chi connectivity index (χ1v) is 6.33. The number of benzene rings is 1. The van der Waals surface area contributed by atoms with Crippen LogP contribution in [0.5, 0.6) is 0 Å².